The third-order valence-corrected chi connectivity index (χ3v) is 5.94. The van der Waals surface area contributed by atoms with E-state index >= 15 is 0 Å². The van der Waals surface area contributed by atoms with Crippen LogP contribution in [0.15, 0.2) is 10.3 Å². The van der Waals surface area contributed by atoms with Gasteiger partial charge in [-0.15, -0.1) is 11.3 Å². The average Bonchev–Trinajstić information content (AvgIpc) is 2.77. The molecule has 0 aliphatic rings. The zero-order chi connectivity index (χ0) is 16.3. The summed E-state index contributed by atoms with van der Waals surface area (Å²) in [6.45, 7) is 3.15. The molecule has 0 fully saturated rings. The number of rotatable bonds is 8. The Balaban J connectivity index is 2.83. The molecule has 0 aliphatic heterocycles. The molecule has 0 bridgehead atoms. The highest BCUT2D eigenvalue weighted by Crippen LogP contribution is 2.26. The number of aromatic carboxylic acids is 1. The molecule has 0 aromatic carbocycles. The number of aliphatic hydroxyl groups is 1. The van der Waals surface area contributed by atoms with Crippen molar-refractivity contribution in [2.75, 3.05) is 20.3 Å². The molecule has 0 saturated heterocycles. The number of nitrogens with one attached hydrogen (secondary N) is 1. The molecular weight excluding hydrogens is 318 g/mol. The van der Waals surface area contributed by atoms with Crippen LogP contribution in [0.4, 0.5) is 0 Å². The first-order valence-corrected chi connectivity index (χ1v) is 8.44. The van der Waals surface area contributed by atoms with Crippen molar-refractivity contribution in [1.82, 2.24) is 4.72 Å². The number of hydrogen-bond donors (Lipinski definition) is 3. The maximum Gasteiger partial charge on any atom is 0.346 e. The van der Waals surface area contributed by atoms with Crippen LogP contribution in [-0.2, 0) is 14.8 Å². The highest BCUT2D eigenvalue weighted by atomic mass is 32.2. The van der Waals surface area contributed by atoms with E-state index in [1.165, 1.54) is 27.0 Å². The van der Waals surface area contributed by atoms with Crippen LogP contribution >= 0.6 is 11.3 Å². The highest BCUT2D eigenvalue weighted by Gasteiger charge is 2.26. The Hall–Kier alpha value is -1.00. The Morgan fingerprint density at radius 3 is 2.62 bits per heavy atom. The van der Waals surface area contributed by atoms with Crippen molar-refractivity contribution in [2.24, 2.45) is 0 Å². The lowest BCUT2D eigenvalue weighted by Gasteiger charge is -2.22. The maximum absolute atomic E-state index is 12.1. The topological polar surface area (TPSA) is 113 Å². The molecule has 0 radical (unpaired) electrons. The Bertz CT molecular complexity index is 605. The first-order valence-electron chi connectivity index (χ1n) is 6.14. The summed E-state index contributed by atoms with van der Waals surface area (Å²) in [6, 6.07) is 1.31. The van der Waals surface area contributed by atoms with Gasteiger partial charge in [0.05, 0.1) is 5.60 Å². The molecule has 3 N–H and O–H groups in total. The largest absolute Gasteiger partial charge is 0.477 e. The van der Waals surface area contributed by atoms with Gasteiger partial charge in [0.2, 0.25) is 10.0 Å². The van der Waals surface area contributed by atoms with Crippen molar-refractivity contribution in [1.29, 1.82) is 0 Å². The molecule has 0 aliphatic carbocycles. The number of ether oxygens (including phenoxy) is 1. The van der Waals surface area contributed by atoms with Gasteiger partial charge in [-0.05, 0) is 25.5 Å². The van der Waals surface area contributed by atoms with Crippen molar-refractivity contribution < 1.29 is 28.2 Å². The predicted molar refractivity (Wildman–Crippen MR) is 78.3 cm³/mol. The number of sulfonamides is 1. The second-order valence-electron chi connectivity index (χ2n) is 4.95. The Labute approximate surface area is 127 Å². The average molecular weight is 337 g/mol. The minimum atomic E-state index is -3.85. The summed E-state index contributed by atoms with van der Waals surface area (Å²) < 4.78 is 31.3. The molecule has 0 amide bonds. The van der Waals surface area contributed by atoms with Crippen molar-refractivity contribution >= 4 is 27.3 Å². The maximum atomic E-state index is 12.1. The van der Waals surface area contributed by atoms with E-state index in [0.717, 1.165) is 0 Å². The van der Waals surface area contributed by atoms with Crippen LogP contribution in [0.5, 0.6) is 0 Å². The van der Waals surface area contributed by atoms with Gasteiger partial charge in [0.1, 0.15) is 9.09 Å². The number of carboxylic acids is 1. The lowest BCUT2D eigenvalue weighted by Crippen LogP contribution is -2.41. The van der Waals surface area contributed by atoms with Crippen LogP contribution in [0.1, 0.15) is 28.6 Å². The van der Waals surface area contributed by atoms with Crippen molar-refractivity contribution in [3.05, 3.63) is 16.5 Å². The molecule has 1 unspecified atom stereocenters. The van der Waals surface area contributed by atoms with E-state index < -0.39 is 21.6 Å². The lowest BCUT2D eigenvalue weighted by atomic mass is 10.0. The summed E-state index contributed by atoms with van der Waals surface area (Å²) >= 11 is 0.687. The summed E-state index contributed by atoms with van der Waals surface area (Å²) in [5, 5.41) is 18.9. The van der Waals surface area contributed by atoms with E-state index in [-0.39, 0.29) is 22.1 Å². The quantitative estimate of drug-likeness (QED) is 0.647. The first kappa shape index (κ1) is 18.1. The fourth-order valence-corrected chi connectivity index (χ4v) is 4.11. The minimum Gasteiger partial charge on any atom is -0.477 e. The number of thiophene rings is 1. The van der Waals surface area contributed by atoms with Gasteiger partial charge in [-0.25, -0.2) is 17.9 Å². The fraction of sp³-hybridized carbons (Fsp3) is 0.583. The lowest BCUT2D eigenvalue weighted by molar-refractivity contribution is 0.0292. The second kappa shape index (κ2) is 6.84. The molecule has 0 spiro atoms. The zero-order valence-electron chi connectivity index (χ0n) is 12.0. The van der Waals surface area contributed by atoms with Crippen LogP contribution in [0.2, 0.25) is 0 Å². The van der Waals surface area contributed by atoms with Gasteiger partial charge in [-0.2, -0.15) is 0 Å². The summed E-state index contributed by atoms with van der Waals surface area (Å²) in [6.07, 6.45) is 0.274. The summed E-state index contributed by atoms with van der Waals surface area (Å²) in [7, 11) is -2.36. The third kappa shape index (κ3) is 5.04. The number of carbonyl (C=O) groups is 1. The molecule has 1 aromatic heterocycles. The molecular formula is C12H19NO6S2. The van der Waals surface area contributed by atoms with Crippen molar-refractivity contribution in [2.45, 2.75) is 30.1 Å². The van der Waals surface area contributed by atoms with Crippen molar-refractivity contribution in [3.63, 3.8) is 0 Å². The molecule has 0 saturated carbocycles. The third-order valence-electron chi connectivity index (χ3n) is 2.84. The zero-order valence-corrected chi connectivity index (χ0v) is 13.7. The SMILES string of the molecule is COCCC(C)(O)CNS(=O)(=O)c1cc(C)c(C(=O)O)s1. The number of hydrogen-bond acceptors (Lipinski definition) is 6. The molecule has 1 atom stereocenters. The molecule has 120 valence electrons. The Kier molecular flexibility index (Phi) is 5.88. The minimum absolute atomic E-state index is 0.0125. The Morgan fingerprint density at radius 1 is 1.52 bits per heavy atom. The smallest absolute Gasteiger partial charge is 0.346 e. The van der Waals surface area contributed by atoms with E-state index in [1.807, 2.05) is 0 Å². The summed E-state index contributed by atoms with van der Waals surface area (Å²) in [5.41, 5.74) is -0.857. The second-order valence-corrected chi connectivity index (χ2v) is 7.99. The Morgan fingerprint density at radius 2 is 2.14 bits per heavy atom. The normalized spacial score (nSPS) is 14.9. The van der Waals surface area contributed by atoms with Gasteiger partial charge in [0.15, 0.2) is 0 Å². The number of carboxylic acid groups (broad SMARTS) is 1. The monoisotopic (exact) mass is 337 g/mol. The van der Waals surface area contributed by atoms with E-state index in [1.54, 1.807) is 0 Å². The fourth-order valence-electron chi connectivity index (χ4n) is 1.53. The highest BCUT2D eigenvalue weighted by molar-refractivity contribution is 7.91. The molecule has 1 aromatic rings. The van der Waals surface area contributed by atoms with Gasteiger partial charge in [-0.3, -0.25) is 0 Å². The molecule has 9 heteroatoms. The van der Waals surface area contributed by atoms with E-state index in [9.17, 15) is 18.3 Å². The predicted octanol–water partition coefficient (Wildman–Crippen LogP) is 0.821. The molecule has 1 rings (SSSR count). The molecule has 1 heterocycles. The van der Waals surface area contributed by atoms with E-state index in [4.69, 9.17) is 9.84 Å². The first-order chi connectivity index (χ1) is 9.59. The van der Waals surface area contributed by atoms with Gasteiger partial charge in [0.25, 0.3) is 0 Å². The van der Waals surface area contributed by atoms with Crippen LogP contribution in [-0.4, -0.2) is 50.5 Å². The summed E-state index contributed by atoms with van der Waals surface area (Å²) in [4.78, 5) is 10.9. The van der Waals surface area contributed by atoms with E-state index in [0.29, 0.717) is 23.5 Å². The van der Waals surface area contributed by atoms with Crippen LogP contribution in [0.25, 0.3) is 0 Å². The van der Waals surface area contributed by atoms with Gasteiger partial charge < -0.3 is 14.9 Å². The van der Waals surface area contributed by atoms with Gasteiger partial charge >= 0.3 is 5.97 Å². The number of aryl methyl sites for hydroxylation is 1. The van der Waals surface area contributed by atoms with Crippen molar-refractivity contribution in [3.8, 4) is 0 Å². The van der Waals surface area contributed by atoms with Crippen LogP contribution < -0.4 is 4.72 Å². The summed E-state index contributed by atoms with van der Waals surface area (Å²) in [5.74, 6) is -1.16. The van der Waals surface area contributed by atoms with E-state index in [2.05, 4.69) is 4.72 Å². The molecule has 7 nitrogen and oxygen atoms in total. The van der Waals surface area contributed by atoms with Gasteiger partial charge in [0, 0.05) is 26.7 Å². The van der Waals surface area contributed by atoms with Crippen LogP contribution in [0, 0.1) is 6.92 Å². The van der Waals surface area contributed by atoms with Gasteiger partial charge in [-0.1, -0.05) is 0 Å². The standard InChI is InChI=1S/C12H19NO6S2/c1-8-6-9(20-10(8)11(14)15)21(17,18)13-7-12(2,16)4-5-19-3/h6,13,16H,4-5,7H2,1-3H3,(H,14,15). The van der Waals surface area contributed by atoms with Crippen LogP contribution in [0.3, 0.4) is 0 Å². The number of methoxy groups -OCH3 is 1. The molecule has 21 heavy (non-hydrogen) atoms.